The van der Waals surface area contributed by atoms with Gasteiger partial charge in [-0.1, -0.05) is 89.3 Å². The van der Waals surface area contributed by atoms with Crippen molar-refractivity contribution in [2.24, 2.45) is 23.2 Å². The summed E-state index contributed by atoms with van der Waals surface area (Å²) >= 11 is 0. The monoisotopic (exact) mass is 753 g/mol. The minimum atomic E-state index is -3.58. The first-order valence-electron chi connectivity index (χ1n) is 19.2. The Hall–Kier alpha value is -3.74. The molecule has 0 spiro atoms. The summed E-state index contributed by atoms with van der Waals surface area (Å²) in [4.78, 5) is 70.5. The Morgan fingerprint density at radius 2 is 1.60 bits per heavy atom. The van der Waals surface area contributed by atoms with Gasteiger partial charge in [0.2, 0.25) is 17.6 Å². The minimum absolute atomic E-state index is 0.00636. The predicted molar refractivity (Wildman–Crippen MR) is 203 cm³/mol. The average Bonchev–Trinajstić information content (AvgIpc) is 4.00. The van der Waals surface area contributed by atoms with Gasteiger partial charge < -0.3 is 26.2 Å². The number of amides is 5. The molecule has 4 aliphatic rings. The Kier molecular flexibility index (Phi) is 11.9. The second-order valence-electron chi connectivity index (χ2n) is 17.8. The van der Waals surface area contributed by atoms with Gasteiger partial charge in [-0.25, -0.2) is 13.2 Å². The highest BCUT2D eigenvalue weighted by molar-refractivity contribution is 7.92. The largest absolute Gasteiger partial charge is 0.346 e. The van der Waals surface area contributed by atoms with Crippen LogP contribution in [0.1, 0.15) is 104 Å². The molecule has 1 heterocycles. The Morgan fingerprint density at radius 1 is 0.962 bits per heavy atom. The lowest BCUT2D eigenvalue weighted by Gasteiger charge is -2.41. The van der Waals surface area contributed by atoms with Gasteiger partial charge in [0.1, 0.15) is 12.1 Å². The summed E-state index contributed by atoms with van der Waals surface area (Å²) in [5.74, 6) is -2.61. The lowest BCUT2D eigenvalue weighted by atomic mass is 9.83. The van der Waals surface area contributed by atoms with E-state index in [1.807, 2.05) is 51.1 Å². The summed E-state index contributed by atoms with van der Waals surface area (Å²) in [7, 11) is -3.58. The second-order valence-corrected chi connectivity index (χ2v) is 20.6. The molecule has 1 aromatic carbocycles. The molecule has 1 unspecified atom stereocenters. The zero-order chi connectivity index (χ0) is 38.9. The number of rotatable bonds is 14. The van der Waals surface area contributed by atoms with Crippen molar-refractivity contribution >= 4 is 39.4 Å². The summed E-state index contributed by atoms with van der Waals surface area (Å²) in [6, 6.07) is 6.18. The standard InChI is InChI=1S/C40H59N5O7S/c1-8-21-41-35(48)32(46)28(22-25-17-18-25)42-34(47)31-30-27(29(30)26-15-11-9-12-16-26)23-45(31)36(49)33(38(2,3)4)43-37(50)44-40(19-13-10-14-20-40)24-53(51,52)39(5,6)7/h8-9,11-12,15-16,25,27-31,33H,1,10,13-14,17-24H2,2-7H3,(H,41,48)(H,42,47)(H2,43,44,50)/t27-,28?,29+,30-,31+,33-/m1/s1. The molecule has 0 radical (unpaired) electrons. The number of piperidine rings is 1. The third kappa shape index (κ3) is 9.32. The number of benzene rings is 1. The minimum Gasteiger partial charge on any atom is -0.346 e. The van der Waals surface area contributed by atoms with E-state index >= 15 is 0 Å². The molecule has 1 aromatic rings. The van der Waals surface area contributed by atoms with Gasteiger partial charge in [-0.15, -0.1) is 6.58 Å². The molecule has 1 saturated heterocycles. The highest BCUT2D eigenvalue weighted by Crippen LogP contribution is 2.61. The smallest absolute Gasteiger partial charge is 0.315 e. The van der Waals surface area contributed by atoms with E-state index in [-0.39, 0.29) is 42.5 Å². The molecule has 292 valence electrons. The Morgan fingerprint density at radius 3 is 2.17 bits per heavy atom. The fraction of sp³-hybridized carbons (Fsp3) is 0.675. The molecule has 0 bridgehead atoms. The van der Waals surface area contributed by atoms with Gasteiger partial charge >= 0.3 is 6.03 Å². The van der Waals surface area contributed by atoms with E-state index in [4.69, 9.17) is 0 Å². The van der Waals surface area contributed by atoms with Crippen molar-refractivity contribution in [1.29, 1.82) is 0 Å². The molecule has 1 aliphatic heterocycles. The summed E-state index contributed by atoms with van der Waals surface area (Å²) in [6.07, 6.45) is 7.14. The van der Waals surface area contributed by atoms with Gasteiger partial charge in [-0.05, 0) is 68.8 Å². The normalized spacial score (nSPS) is 24.9. The molecule has 4 fully saturated rings. The zero-order valence-electron chi connectivity index (χ0n) is 32.2. The van der Waals surface area contributed by atoms with Crippen LogP contribution >= 0.6 is 0 Å². The van der Waals surface area contributed by atoms with E-state index in [0.717, 1.165) is 37.7 Å². The number of Topliss-reactive ketones (excluding diaryl/α,β-unsaturated/α-hetero) is 1. The first kappa shape index (κ1) is 40.4. The van der Waals surface area contributed by atoms with Crippen molar-refractivity contribution in [3.05, 3.63) is 48.6 Å². The summed E-state index contributed by atoms with van der Waals surface area (Å²) in [6.45, 7) is 14.5. The summed E-state index contributed by atoms with van der Waals surface area (Å²) in [5.41, 5.74) is -0.692. The van der Waals surface area contributed by atoms with Gasteiger partial charge in [-0.3, -0.25) is 19.2 Å². The van der Waals surface area contributed by atoms with Crippen LogP contribution in [0.15, 0.2) is 43.0 Å². The average molecular weight is 754 g/mol. The maximum absolute atomic E-state index is 14.7. The molecule has 3 aliphatic carbocycles. The van der Waals surface area contributed by atoms with E-state index in [0.29, 0.717) is 19.3 Å². The van der Waals surface area contributed by atoms with Gasteiger partial charge in [0.05, 0.1) is 22.1 Å². The van der Waals surface area contributed by atoms with Gasteiger partial charge in [0, 0.05) is 19.0 Å². The highest BCUT2D eigenvalue weighted by Gasteiger charge is 2.65. The summed E-state index contributed by atoms with van der Waals surface area (Å²) < 4.78 is 25.8. The number of fused-ring (bicyclic) bond motifs is 1. The first-order chi connectivity index (χ1) is 24.8. The van der Waals surface area contributed by atoms with Crippen molar-refractivity contribution in [3.63, 3.8) is 0 Å². The van der Waals surface area contributed by atoms with Crippen molar-refractivity contribution in [3.8, 4) is 0 Å². The van der Waals surface area contributed by atoms with Crippen LogP contribution in [0.25, 0.3) is 0 Å². The van der Waals surface area contributed by atoms with E-state index in [1.165, 1.54) is 11.0 Å². The van der Waals surface area contributed by atoms with Crippen LogP contribution in [-0.2, 0) is 29.0 Å². The van der Waals surface area contributed by atoms with E-state index in [1.54, 1.807) is 20.8 Å². The molecular formula is C40H59N5O7S. The Balaban J connectivity index is 1.39. The first-order valence-corrected chi connectivity index (χ1v) is 20.8. The van der Waals surface area contributed by atoms with Crippen molar-refractivity contribution in [2.45, 2.75) is 127 Å². The molecule has 53 heavy (non-hydrogen) atoms. The van der Waals surface area contributed by atoms with Crippen LogP contribution in [0, 0.1) is 23.2 Å². The molecule has 4 N–H and O–H groups in total. The van der Waals surface area contributed by atoms with Gasteiger partial charge in [0.15, 0.2) is 9.84 Å². The lowest BCUT2D eigenvalue weighted by Crippen LogP contribution is -2.64. The number of carbonyl (C=O) groups excluding carboxylic acids is 5. The van der Waals surface area contributed by atoms with Crippen LogP contribution in [0.5, 0.6) is 0 Å². The topological polar surface area (TPSA) is 171 Å². The second kappa shape index (κ2) is 15.5. The fourth-order valence-electron chi connectivity index (χ4n) is 8.23. The number of nitrogens with zero attached hydrogens (tertiary/aromatic N) is 1. The quantitative estimate of drug-likeness (QED) is 0.164. The molecule has 5 rings (SSSR count). The lowest BCUT2D eigenvalue weighted by molar-refractivity contribution is -0.144. The van der Waals surface area contributed by atoms with E-state index in [9.17, 15) is 32.4 Å². The molecular weight excluding hydrogens is 695 g/mol. The number of sulfone groups is 1. The fourth-order valence-corrected chi connectivity index (χ4v) is 9.75. The number of urea groups is 1. The maximum Gasteiger partial charge on any atom is 0.315 e. The van der Waals surface area contributed by atoms with Gasteiger partial charge in [-0.2, -0.15) is 0 Å². The Bertz CT molecular complexity index is 1670. The number of ketones is 1. The Labute approximate surface area is 315 Å². The van der Waals surface area contributed by atoms with Crippen LogP contribution < -0.4 is 21.3 Å². The van der Waals surface area contributed by atoms with Crippen LogP contribution in [-0.4, -0.2) is 90.1 Å². The van der Waals surface area contributed by atoms with Crippen LogP contribution in [0.2, 0.25) is 0 Å². The molecule has 12 nitrogen and oxygen atoms in total. The van der Waals surface area contributed by atoms with Crippen molar-refractivity contribution in [1.82, 2.24) is 26.2 Å². The number of nitrogens with one attached hydrogen (secondary N) is 4. The van der Waals surface area contributed by atoms with Crippen LogP contribution in [0.3, 0.4) is 0 Å². The van der Waals surface area contributed by atoms with Crippen molar-refractivity contribution < 1.29 is 32.4 Å². The molecule has 6 atom stereocenters. The molecule has 3 saturated carbocycles. The van der Waals surface area contributed by atoms with Crippen LogP contribution in [0.4, 0.5) is 4.79 Å². The number of hydrogen-bond acceptors (Lipinski definition) is 7. The number of hydrogen-bond donors (Lipinski definition) is 4. The highest BCUT2D eigenvalue weighted by atomic mass is 32.2. The predicted octanol–water partition coefficient (Wildman–Crippen LogP) is 4.01. The molecule has 13 heteroatoms. The molecule has 0 aromatic heterocycles. The SMILES string of the molecule is C=CCNC(=O)C(=O)C(CC1CC1)NC(=O)[C@@H]1[C@@H]2[C@H](CN1C(=O)[C@@H](NC(=O)NC1(CS(=O)(=O)C(C)(C)C)CCCCC1)C(C)(C)C)[C@@H]2c1ccccc1. The summed E-state index contributed by atoms with van der Waals surface area (Å²) in [5, 5.41) is 11.3. The maximum atomic E-state index is 14.7. The number of carbonyl (C=O) groups is 5. The number of likely N-dealkylation sites (tertiary alicyclic amines) is 1. The van der Waals surface area contributed by atoms with E-state index in [2.05, 4.69) is 27.8 Å². The zero-order valence-corrected chi connectivity index (χ0v) is 33.0. The van der Waals surface area contributed by atoms with Crippen molar-refractivity contribution in [2.75, 3.05) is 18.8 Å². The third-order valence-corrected chi connectivity index (χ3v) is 14.4. The van der Waals surface area contributed by atoms with E-state index < -0.39 is 73.2 Å². The third-order valence-electron chi connectivity index (χ3n) is 11.6. The van der Waals surface area contributed by atoms with Gasteiger partial charge in [0.25, 0.3) is 5.91 Å². The molecule has 5 amide bonds.